The first kappa shape index (κ1) is 83.3. The summed E-state index contributed by atoms with van der Waals surface area (Å²) in [6.45, 7) is 44.5. The third kappa shape index (κ3) is 28.5. The maximum Gasteiger partial charge on any atom is 0.419 e. The van der Waals surface area contributed by atoms with Crippen LogP contribution in [0.2, 0.25) is 5.02 Å². The van der Waals surface area contributed by atoms with Gasteiger partial charge in [-0.25, -0.2) is 13.2 Å². The van der Waals surface area contributed by atoms with Gasteiger partial charge in [-0.1, -0.05) is 198 Å². The smallest absolute Gasteiger partial charge is 0.419 e. The van der Waals surface area contributed by atoms with Crippen molar-refractivity contribution in [1.29, 1.82) is 0 Å². The number of aryl methyl sites for hydroxylation is 1. The number of halogens is 7. The Hall–Kier alpha value is -6.01. The van der Waals surface area contributed by atoms with Crippen LogP contribution in [0.15, 0.2) is 109 Å². The van der Waals surface area contributed by atoms with Crippen molar-refractivity contribution in [3.05, 3.63) is 176 Å². The minimum atomic E-state index is -4.37. The minimum Gasteiger partial charge on any atom is -0.493 e. The Kier molecular flexibility index (Phi) is 29.3. The van der Waals surface area contributed by atoms with Gasteiger partial charge in [-0.15, -0.1) is 0 Å². The molecule has 0 amide bonds. The molecule has 0 saturated heterocycles. The van der Waals surface area contributed by atoms with Crippen molar-refractivity contribution in [3.8, 4) is 34.5 Å². The summed E-state index contributed by atoms with van der Waals surface area (Å²) in [5.41, 5.74) is 7.61. The molecule has 6 fully saturated rings. The fourth-order valence-corrected chi connectivity index (χ4v) is 11.3. The molecule has 0 N–H and O–H groups in total. The molecule has 564 valence electrons. The second-order valence-corrected chi connectivity index (χ2v) is 36.3. The van der Waals surface area contributed by atoms with Crippen LogP contribution in [0.5, 0.6) is 34.5 Å². The highest BCUT2D eigenvalue weighted by atomic mass is 35.5. The van der Waals surface area contributed by atoms with E-state index in [2.05, 4.69) is 141 Å². The maximum atomic E-state index is 13.7. The highest BCUT2D eigenvalue weighted by molar-refractivity contribution is 6.32. The number of alkyl halides is 3. The molecule has 0 spiro atoms. The van der Waals surface area contributed by atoms with Crippen LogP contribution in [0.25, 0.3) is 0 Å². The summed E-state index contributed by atoms with van der Waals surface area (Å²) in [4.78, 5) is 0. The quantitative estimate of drug-likeness (QED) is 0.0800. The van der Waals surface area contributed by atoms with E-state index in [-0.39, 0.29) is 55.7 Å². The zero-order valence-corrected chi connectivity index (χ0v) is 66.1. The summed E-state index contributed by atoms with van der Waals surface area (Å²) < 4.78 is 113. The number of benzene rings is 6. The molecular formula is C89H123ClF6O6. The summed E-state index contributed by atoms with van der Waals surface area (Å²) in [5.74, 6) is 6.23. The van der Waals surface area contributed by atoms with Gasteiger partial charge in [0, 0.05) is 0 Å². The van der Waals surface area contributed by atoms with Crippen molar-refractivity contribution < 1.29 is 54.8 Å². The van der Waals surface area contributed by atoms with Gasteiger partial charge < -0.3 is 28.4 Å². The van der Waals surface area contributed by atoms with Gasteiger partial charge in [0.1, 0.15) is 17.2 Å². The van der Waals surface area contributed by atoms with Crippen LogP contribution in [0.4, 0.5) is 26.3 Å². The highest BCUT2D eigenvalue weighted by Crippen LogP contribution is 2.42. The lowest BCUT2D eigenvalue weighted by Crippen LogP contribution is -2.20. The maximum absolute atomic E-state index is 13.7. The lowest BCUT2D eigenvalue weighted by atomic mass is 9.86. The third-order valence-electron chi connectivity index (χ3n) is 19.7. The van der Waals surface area contributed by atoms with E-state index in [0.717, 1.165) is 77.7 Å². The molecule has 13 heteroatoms. The monoisotopic (exact) mass is 1440 g/mol. The zero-order valence-electron chi connectivity index (χ0n) is 65.3. The Labute approximate surface area is 615 Å². The van der Waals surface area contributed by atoms with Gasteiger partial charge in [-0.3, -0.25) is 0 Å². The second-order valence-electron chi connectivity index (χ2n) is 35.9. The summed E-state index contributed by atoms with van der Waals surface area (Å²) in [6.07, 6.45) is 14.2. The topological polar surface area (TPSA) is 55.4 Å². The van der Waals surface area contributed by atoms with Crippen molar-refractivity contribution in [3.63, 3.8) is 0 Å². The fourth-order valence-electron chi connectivity index (χ4n) is 11.1. The van der Waals surface area contributed by atoms with Gasteiger partial charge in [-0.2, -0.15) is 13.2 Å². The molecule has 0 unspecified atom stereocenters. The number of hydrogen-bond donors (Lipinski definition) is 0. The van der Waals surface area contributed by atoms with Gasteiger partial charge in [0.25, 0.3) is 0 Å². The molecule has 0 aromatic heterocycles. The molecule has 0 bridgehead atoms. The van der Waals surface area contributed by atoms with Crippen LogP contribution in [-0.4, -0.2) is 39.6 Å². The second kappa shape index (κ2) is 35.9. The van der Waals surface area contributed by atoms with Crippen molar-refractivity contribution >= 4 is 11.6 Å². The van der Waals surface area contributed by atoms with E-state index in [1.165, 1.54) is 130 Å². The van der Waals surface area contributed by atoms with Gasteiger partial charge in [-0.05, 0) is 258 Å². The number of ether oxygens (including phenoxy) is 6. The van der Waals surface area contributed by atoms with Crippen LogP contribution in [0.1, 0.15) is 265 Å². The Balaban J connectivity index is 0.000000172. The first-order chi connectivity index (χ1) is 47.5. The molecule has 0 radical (unpaired) electrons. The summed E-state index contributed by atoms with van der Waals surface area (Å²) in [6, 6.07) is 32.4. The predicted octanol–water partition coefficient (Wildman–Crippen LogP) is 26.2. The summed E-state index contributed by atoms with van der Waals surface area (Å²) >= 11 is 6.13. The summed E-state index contributed by atoms with van der Waals surface area (Å²) in [7, 11) is 0. The molecular weight excluding hydrogens is 1310 g/mol. The van der Waals surface area contributed by atoms with Gasteiger partial charge >= 0.3 is 6.18 Å². The third-order valence-corrected chi connectivity index (χ3v) is 20.0. The summed E-state index contributed by atoms with van der Waals surface area (Å²) in [5, 5.41) is 0.716. The van der Waals surface area contributed by atoms with Crippen LogP contribution in [0, 0.1) is 59.9 Å². The van der Waals surface area contributed by atoms with E-state index in [9.17, 15) is 26.3 Å². The Morgan fingerprint density at radius 2 is 0.529 bits per heavy atom. The molecule has 6 aliphatic rings. The molecule has 6 nitrogen and oxygen atoms in total. The Bertz CT molecular complexity index is 3410. The van der Waals surface area contributed by atoms with Crippen molar-refractivity contribution in [2.75, 3.05) is 39.6 Å². The first-order valence-electron chi connectivity index (χ1n) is 37.8. The van der Waals surface area contributed by atoms with Crippen LogP contribution < -0.4 is 28.4 Å². The minimum absolute atomic E-state index is 0.0270. The Morgan fingerprint density at radius 1 is 0.294 bits per heavy atom. The largest absolute Gasteiger partial charge is 0.493 e. The van der Waals surface area contributed by atoms with E-state index in [4.69, 9.17) is 40.0 Å². The van der Waals surface area contributed by atoms with Crippen LogP contribution in [-0.2, 0) is 38.7 Å². The van der Waals surface area contributed by atoms with E-state index in [0.29, 0.717) is 72.4 Å². The van der Waals surface area contributed by atoms with Gasteiger partial charge in [0.2, 0.25) is 0 Å². The average molecular weight is 1440 g/mol. The lowest BCUT2D eigenvalue weighted by molar-refractivity contribution is -0.139. The average Bonchev–Trinajstić information content (AvgIpc) is 1.64. The van der Waals surface area contributed by atoms with Crippen LogP contribution in [0.3, 0.4) is 0 Å². The zero-order chi connectivity index (χ0) is 75.2. The molecule has 6 aromatic carbocycles. The first-order valence-corrected chi connectivity index (χ1v) is 38.2. The van der Waals surface area contributed by atoms with E-state index in [1.54, 1.807) is 0 Å². The fraction of sp³-hybridized carbons (Fsp3) is 0.596. The lowest BCUT2D eigenvalue weighted by Gasteiger charge is -2.26. The predicted molar refractivity (Wildman–Crippen MR) is 409 cm³/mol. The van der Waals surface area contributed by atoms with E-state index in [1.807, 2.05) is 63.2 Å². The van der Waals surface area contributed by atoms with Crippen molar-refractivity contribution in [2.24, 2.45) is 35.5 Å². The molecule has 6 saturated carbocycles. The highest BCUT2D eigenvalue weighted by Gasteiger charge is 2.36. The molecule has 12 rings (SSSR count). The molecule has 6 aromatic rings. The molecule has 6 aliphatic carbocycles. The number of rotatable bonds is 18. The molecule has 102 heavy (non-hydrogen) atoms. The standard InChI is InChI=1S/C16H23FO.C15H19F3O.C15H21FO.C15H22O.C14H19ClO.C14H19FO/c1-16(2,3)13-8-9-14(17)15(10-13)18-11-12-6-4-5-7-12;1-14(2,3)11-6-7-12(15(16,17)18)13(8-11)19-9-10-4-5-10;1-15(2,3)12-7-8-13(16)14(9-12)17-10-11-5-4-6-11;1-11-5-8-13(15(2,3)4)9-14(11)16-10-12-6-7-12;2*1-14(2,3)11-6-7-12(15)13(8-11)16-9-10-4-5-10/h8-10,12H,4-7,11H2,1-3H3;6-8,10H,4-5,9H2,1-3H3;7-9,11H,4-6,10H2,1-3H3;5,8-9,12H,6-7,10H2,1-4H3;2*6-8,10H,4-5,9H2,1-3H3. The Morgan fingerprint density at radius 3 is 0.824 bits per heavy atom. The normalized spacial score (nSPS) is 16.5. The SMILES string of the molecule is CC(C)(C)c1ccc(C(F)(F)F)c(OCC2CC2)c1.CC(C)(C)c1ccc(Cl)c(OCC2CC2)c1.CC(C)(C)c1ccc(F)c(OCC2CC2)c1.CC(C)(C)c1ccc(F)c(OCC2CCC2)c1.CC(C)(C)c1ccc(F)c(OCC2CCCC2)c1.Cc1ccc(C(C)(C)C)cc1OCC1CC1. The van der Waals surface area contributed by atoms with Crippen molar-refractivity contribution in [1.82, 2.24) is 0 Å². The van der Waals surface area contributed by atoms with Gasteiger partial charge in [0.05, 0.1) is 50.2 Å². The van der Waals surface area contributed by atoms with Crippen LogP contribution >= 0.6 is 11.6 Å². The van der Waals surface area contributed by atoms with E-state index >= 15 is 0 Å². The molecule has 0 heterocycles. The van der Waals surface area contributed by atoms with Crippen molar-refractivity contribution in [2.45, 2.75) is 267 Å². The number of hydrogen-bond acceptors (Lipinski definition) is 6. The van der Waals surface area contributed by atoms with E-state index < -0.39 is 11.7 Å². The molecule has 0 atom stereocenters. The van der Waals surface area contributed by atoms with Gasteiger partial charge in [0.15, 0.2) is 34.7 Å². The molecule has 0 aliphatic heterocycles.